The second-order valence-corrected chi connectivity index (χ2v) is 7.96. The van der Waals surface area contributed by atoms with Crippen LogP contribution in [0.4, 0.5) is 0 Å². The van der Waals surface area contributed by atoms with Crippen LogP contribution in [-0.2, 0) is 16.6 Å². The highest BCUT2D eigenvalue weighted by molar-refractivity contribution is 9.10. The van der Waals surface area contributed by atoms with Crippen LogP contribution in [0.1, 0.15) is 31.7 Å². The molecular formula is C14H20BrNO3S. The van der Waals surface area contributed by atoms with Crippen LogP contribution in [0.2, 0.25) is 0 Å². The van der Waals surface area contributed by atoms with E-state index in [1.807, 2.05) is 0 Å². The van der Waals surface area contributed by atoms with Crippen molar-refractivity contribution >= 4 is 26.0 Å². The number of sulfonamides is 1. The molecule has 0 radical (unpaired) electrons. The minimum absolute atomic E-state index is 0.0967. The van der Waals surface area contributed by atoms with Crippen molar-refractivity contribution < 1.29 is 13.5 Å². The lowest BCUT2D eigenvalue weighted by molar-refractivity contribution is 0.261. The molecular weight excluding hydrogens is 342 g/mol. The van der Waals surface area contributed by atoms with Crippen molar-refractivity contribution in [2.75, 3.05) is 13.1 Å². The monoisotopic (exact) mass is 361 g/mol. The Kier molecular flexibility index (Phi) is 5.23. The van der Waals surface area contributed by atoms with Crippen LogP contribution in [-0.4, -0.2) is 30.9 Å². The topological polar surface area (TPSA) is 57.6 Å². The number of halogens is 1. The van der Waals surface area contributed by atoms with Crippen LogP contribution in [0, 0.1) is 5.92 Å². The van der Waals surface area contributed by atoms with E-state index in [4.69, 9.17) is 5.11 Å². The molecule has 1 aliphatic rings. The van der Waals surface area contributed by atoms with Crippen LogP contribution in [0.15, 0.2) is 27.6 Å². The van der Waals surface area contributed by atoms with Gasteiger partial charge in [-0.1, -0.05) is 19.4 Å². The van der Waals surface area contributed by atoms with Crippen molar-refractivity contribution in [2.45, 2.75) is 37.7 Å². The molecule has 2 rings (SSSR count). The summed E-state index contributed by atoms with van der Waals surface area (Å²) < 4.78 is 27.5. The molecule has 112 valence electrons. The number of hydrogen-bond donors (Lipinski definition) is 1. The van der Waals surface area contributed by atoms with Gasteiger partial charge in [0.05, 0.1) is 11.5 Å². The van der Waals surface area contributed by atoms with E-state index in [0.717, 1.165) is 19.3 Å². The highest BCUT2D eigenvalue weighted by Gasteiger charge is 2.30. The minimum atomic E-state index is -3.46. The average molecular weight is 362 g/mol. The fourth-order valence-electron chi connectivity index (χ4n) is 2.57. The SMILES string of the molecule is CCC1CCCN(S(=O)(=O)c2ccc(CO)cc2Br)C1. The zero-order valence-corrected chi connectivity index (χ0v) is 14.0. The van der Waals surface area contributed by atoms with Crippen molar-refractivity contribution in [3.8, 4) is 0 Å². The molecule has 0 spiro atoms. The number of aliphatic hydroxyl groups is 1. The fraction of sp³-hybridized carbons (Fsp3) is 0.571. The van der Waals surface area contributed by atoms with E-state index in [0.29, 0.717) is 29.0 Å². The zero-order chi connectivity index (χ0) is 14.8. The van der Waals surface area contributed by atoms with Gasteiger partial charge in [-0.3, -0.25) is 0 Å². The maximum atomic E-state index is 12.7. The highest BCUT2D eigenvalue weighted by atomic mass is 79.9. The predicted molar refractivity (Wildman–Crippen MR) is 81.8 cm³/mol. The minimum Gasteiger partial charge on any atom is -0.392 e. The number of piperidine rings is 1. The molecule has 1 fully saturated rings. The standard InChI is InChI=1S/C14H20BrNO3S/c1-2-11-4-3-7-16(9-11)20(18,19)14-6-5-12(10-17)8-13(14)15/h5-6,8,11,17H,2-4,7,9-10H2,1H3. The Hall–Kier alpha value is -0.430. The van der Waals surface area contributed by atoms with Gasteiger partial charge >= 0.3 is 0 Å². The fourth-order valence-corrected chi connectivity index (χ4v) is 5.21. The number of rotatable bonds is 4. The van der Waals surface area contributed by atoms with E-state index in [1.165, 1.54) is 0 Å². The molecule has 0 aromatic heterocycles. The van der Waals surface area contributed by atoms with Crippen LogP contribution in [0.25, 0.3) is 0 Å². The van der Waals surface area contributed by atoms with Gasteiger partial charge < -0.3 is 5.11 Å². The Morgan fingerprint density at radius 2 is 2.20 bits per heavy atom. The summed E-state index contributed by atoms with van der Waals surface area (Å²) >= 11 is 3.31. The summed E-state index contributed by atoms with van der Waals surface area (Å²) in [5.74, 6) is 0.453. The van der Waals surface area contributed by atoms with Gasteiger partial charge in [0, 0.05) is 17.6 Å². The van der Waals surface area contributed by atoms with Crippen LogP contribution in [0.5, 0.6) is 0 Å². The largest absolute Gasteiger partial charge is 0.392 e. The Labute approximate surface area is 129 Å². The van der Waals surface area contributed by atoms with Gasteiger partial charge in [0.15, 0.2) is 0 Å². The van der Waals surface area contributed by atoms with Crippen molar-refractivity contribution in [3.63, 3.8) is 0 Å². The Morgan fingerprint density at radius 3 is 2.80 bits per heavy atom. The quantitative estimate of drug-likeness (QED) is 0.896. The van der Waals surface area contributed by atoms with Gasteiger partial charge in [0.2, 0.25) is 10.0 Å². The first-order chi connectivity index (χ1) is 9.48. The number of benzene rings is 1. The molecule has 1 aromatic rings. The molecule has 1 aromatic carbocycles. The van der Waals surface area contributed by atoms with Crippen LogP contribution < -0.4 is 0 Å². The molecule has 0 bridgehead atoms. The van der Waals surface area contributed by atoms with Crippen molar-refractivity contribution in [1.82, 2.24) is 4.31 Å². The first-order valence-corrected chi connectivity index (χ1v) is 9.11. The first-order valence-electron chi connectivity index (χ1n) is 6.88. The second kappa shape index (κ2) is 6.56. The summed E-state index contributed by atoms with van der Waals surface area (Å²) in [6.07, 6.45) is 3.04. The molecule has 6 heteroatoms. The summed E-state index contributed by atoms with van der Waals surface area (Å²) in [5, 5.41) is 9.09. The zero-order valence-electron chi connectivity index (χ0n) is 11.5. The Balaban J connectivity index is 2.30. The van der Waals surface area contributed by atoms with Crippen molar-refractivity contribution in [3.05, 3.63) is 28.2 Å². The molecule has 20 heavy (non-hydrogen) atoms. The van der Waals surface area contributed by atoms with Gasteiger partial charge in [0.25, 0.3) is 0 Å². The van der Waals surface area contributed by atoms with E-state index in [9.17, 15) is 8.42 Å². The smallest absolute Gasteiger partial charge is 0.244 e. The third-order valence-corrected chi connectivity index (χ3v) is 6.70. The predicted octanol–water partition coefficient (Wildman–Crippen LogP) is 2.75. The van der Waals surface area contributed by atoms with Gasteiger partial charge in [0.1, 0.15) is 0 Å². The van der Waals surface area contributed by atoms with E-state index in [1.54, 1.807) is 22.5 Å². The maximum absolute atomic E-state index is 12.7. The molecule has 0 saturated carbocycles. The lowest BCUT2D eigenvalue weighted by Gasteiger charge is -2.31. The normalized spacial score (nSPS) is 21.1. The Bertz CT molecular complexity index is 574. The highest BCUT2D eigenvalue weighted by Crippen LogP contribution is 2.30. The third-order valence-electron chi connectivity index (χ3n) is 3.86. The lowest BCUT2D eigenvalue weighted by atomic mass is 9.97. The molecule has 0 amide bonds. The summed E-state index contributed by atoms with van der Waals surface area (Å²) in [6.45, 7) is 3.20. The summed E-state index contributed by atoms with van der Waals surface area (Å²) in [7, 11) is -3.46. The number of hydrogen-bond acceptors (Lipinski definition) is 3. The first kappa shape index (κ1) is 15.9. The molecule has 1 saturated heterocycles. The second-order valence-electron chi connectivity index (χ2n) is 5.20. The van der Waals surface area contributed by atoms with Crippen LogP contribution >= 0.6 is 15.9 Å². The molecule has 1 aliphatic heterocycles. The molecule has 1 heterocycles. The van der Waals surface area contributed by atoms with E-state index < -0.39 is 10.0 Å². The number of aliphatic hydroxyl groups excluding tert-OH is 1. The van der Waals surface area contributed by atoms with Crippen molar-refractivity contribution in [1.29, 1.82) is 0 Å². The van der Waals surface area contributed by atoms with Gasteiger partial charge in [-0.25, -0.2) is 8.42 Å². The van der Waals surface area contributed by atoms with Crippen molar-refractivity contribution in [2.24, 2.45) is 5.92 Å². The molecule has 0 aliphatic carbocycles. The lowest BCUT2D eigenvalue weighted by Crippen LogP contribution is -2.39. The van der Waals surface area contributed by atoms with E-state index in [-0.39, 0.29) is 11.5 Å². The average Bonchev–Trinajstić information content (AvgIpc) is 2.46. The molecule has 1 unspecified atom stereocenters. The summed E-state index contributed by atoms with van der Waals surface area (Å²) in [4.78, 5) is 0.284. The third kappa shape index (κ3) is 3.24. The summed E-state index contributed by atoms with van der Waals surface area (Å²) in [5.41, 5.74) is 0.695. The molecule has 4 nitrogen and oxygen atoms in total. The van der Waals surface area contributed by atoms with Gasteiger partial charge in [-0.15, -0.1) is 0 Å². The molecule has 1 N–H and O–H groups in total. The maximum Gasteiger partial charge on any atom is 0.244 e. The van der Waals surface area contributed by atoms with E-state index in [2.05, 4.69) is 22.9 Å². The number of nitrogens with zero attached hydrogens (tertiary/aromatic N) is 1. The van der Waals surface area contributed by atoms with Gasteiger partial charge in [-0.2, -0.15) is 4.31 Å². The van der Waals surface area contributed by atoms with Crippen LogP contribution in [0.3, 0.4) is 0 Å². The van der Waals surface area contributed by atoms with E-state index >= 15 is 0 Å². The van der Waals surface area contributed by atoms with Gasteiger partial charge in [-0.05, 0) is 52.4 Å². The summed E-state index contributed by atoms with van der Waals surface area (Å²) in [6, 6.07) is 4.88. The Morgan fingerprint density at radius 1 is 1.45 bits per heavy atom. The molecule has 1 atom stereocenters.